The van der Waals surface area contributed by atoms with Gasteiger partial charge in [-0.2, -0.15) is 5.10 Å². The molecule has 1 aliphatic rings. The highest BCUT2D eigenvalue weighted by Crippen LogP contribution is 2.22. The van der Waals surface area contributed by atoms with E-state index in [4.69, 9.17) is 0 Å². The number of fused-ring (bicyclic) bond motifs is 1. The zero-order chi connectivity index (χ0) is 21.6. The second kappa shape index (κ2) is 9.38. The first kappa shape index (κ1) is 20.5. The van der Waals surface area contributed by atoms with Crippen LogP contribution >= 0.6 is 0 Å². The molecule has 0 atom stereocenters. The van der Waals surface area contributed by atoms with E-state index in [9.17, 15) is 14.4 Å². The highest BCUT2D eigenvalue weighted by Gasteiger charge is 2.34. The zero-order valence-electron chi connectivity index (χ0n) is 17.2. The van der Waals surface area contributed by atoms with E-state index in [1.165, 1.54) is 4.90 Å². The molecule has 0 spiro atoms. The highest BCUT2D eigenvalue weighted by molar-refractivity contribution is 6.21. The van der Waals surface area contributed by atoms with Crippen molar-refractivity contribution in [3.8, 4) is 0 Å². The number of unbranched alkanes of at least 4 members (excludes halogenated alkanes) is 2. The summed E-state index contributed by atoms with van der Waals surface area (Å²) < 4.78 is 1.78. The van der Waals surface area contributed by atoms with Crippen molar-refractivity contribution in [1.82, 2.24) is 14.7 Å². The lowest BCUT2D eigenvalue weighted by atomic mass is 10.1. The van der Waals surface area contributed by atoms with Crippen LogP contribution < -0.4 is 5.32 Å². The number of anilines is 1. The Balaban J connectivity index is 1.16. The lowest BCUT2D eigenvalue weighted by Crippen LogP contribution is -2.30. The SMILES string of the molecule is O=C(CCCCCN1C(=O)c2ccccc2C1=O)Nc1ccn(Cc2ccccc2)n1. The second-order valence-corrected chi connectivity index (χ2v) is 7.55. The van der Waals surface area contributed by atoms with Gasteiger partial charge in [0.05, 0.1) is 17.7 Å². The molecule has 1 aromatic heterocycles. The Morgan fingerprint density at radius 2 is 1.52 bits per heavy atom. The van der Waals surface area contributed by atoms with Crippen LogP contribution in [0, 0.1) is 0 Å². The second-order valence-electron chi connectivity index (χ2n) is 7.55. The van der Waals surface area contributed by atoms with Gasteiger partial charge < -0.3 is 5.32 Å². The molecule has 0 unspecified atom stereocenters. The van der Waals surface area contributed by atoms with E-state index in [1.54, 1.807) is 35.0 Å². The number of carbonyl (C=O) groups is 3. The molecule has 0 aliphatic carbocycles. The van der Waals surface area contributed by atoms with Gasteiger partial charge in [-0.3, -0.25) is 24.0 Å². The van der Waals surface area contributed by atoms with Crippen LogP contribution in [0.5, 0.6) is 0 Å². The summed E-state index contributed by atoms with van der Waals surface area (Å²) >= 11 is 0. The third kappa shape index (κ3) is 4.88. The van der Waals surface area contributed by atoms with Gasteiger partial charge >= 0.3 is 0 Å². The van der Waals surface area contributed by atoms with Crippen LogP contribution in [-0.2, 0) is 11.3 Å². The summed E-state index contributed by atoms with van der Waals surface area (Å²) in [6.07, 6.45) is 4.31. The molecule has 7 nitrogen and oxygen atoms in total. The highest BCUT2D eigenvalue weighted by atomic mass is 16.2. The van der Waals surface area contributed by atoms with Gasteiger partial charge in [0.25, 0.3) is 11.8 Å². The summed E-state index contributed by atoms with van der Waals surface area (Å²) in [5, 5.41) is 7.20. The molecule has 2 aromatic carbocycles. The summed E-state index contributed by atoms with van der Waals surface area (Å²) in [7, 11) is 0. The summed E-state index contributed by atoms with van der Waals surface area (Å²) in [5.74, 6) is -0.0217. The number of nitrogens with one attached hydrogen (secondary N) is 1. The monoisotopic (exact) mass is 416 g/mol. The van der Waals surface area contributed by atoms with E-state index in [1.807, 2.05) is 36.5 Å². The maximum atomic E-state index is 12.3. The number of rotatable bonds is 9. The molecular formula is C24H24N4O3. The van der Waals surface area contributed by atoms with E-state index in [0.717, 1.165) is 12.0 Å². The van der Waals surface area contributed by atoms with E-state index >= 15 is 0 Å². The molecule has 0 saturated heterocycles. The standard InChI is InChI=1S/C24H24N4O3/c29-22(25-21-14-16-27(26-21)17-18-9-3-1-4-10-18)13-5-2-8-15-28-23(30)19-11-6-7-12-20(19)24(28)31/h1,3-4,6-7,9-12,14,16H,2,5,8,13,15,17H2,(H,25,26,29). The number of nitrogens with zero attached hydrogens (tertiary/aromatic N) is 3. The molecule has 1 N–H and O–H groups in total. The number of carbonyl (C=O) groups excluding carboxylic acids is 3. The summed E-state index contributed by atoms with van der Waals surface area (Å²) in [6, 6.07) is 18.7. The van der Waals surface area contributed by atoms with E-state index < -0.39 is 0 Å². The zero-order valence-corrected chi connectivity index (χ0v) is 17.2. The molecule has 2 heterocycles. The molecule has 0 radical (unpaired) electrons. The molecule has 3 amide bonds. The van der Waals surface area contributed by atoms with E-state index in [0.29, 0.717) is 49.3 Å². The van der Waals surface area contributed by atoms with Crippen molar-refractivity contribution in [2.24, 2.45) is 0 Å². The van der Waals surface area contributed by atoms with Crippen molar-refractivity contribution in [2.45, 2.75) is 32.2 Å². The van der Waals surface area contributed by atoms with Gasteiger partial charge in [0.15, 0.2) is 5.82 Å². The Bertz CT molecular complexity index is 1060. The Morgan fingerprint density at radius 1 is 0.839 bits per heavy atom. The average Bonchev–Trinajstić information content (AvgIpc) is 3.31. The predicted molar refractivity (Wildman–Crippen MR) is 117 cm³/mol. The molecule has 1 aliphatic heterocycles. The Hall–Kier alpha value is -3.74. The maximum absolute atomic E-state index is 12.3. The number of imide groups is 1. The van der Waals surface area contributed by atoms with Crippen molar-refractivity contribution in [1.29, 1.82) is 0 Å². The molecule has 3 aromatic rings. The Labute approximate surface area is 180 Å². The lowest BCUT2D eigenvalue weighted by Gasteiger charge is -2.13. The molecule has 0 bridgehead atoms. The minimum absolute atomic E-state index is 0.0920. The maximum Gasteiger partial charge on any atom is 0.261 e. The molecule has 7 heteroatoms. The fourth-order valence-corrected chi connectivity index (χ4v) is 3.67. The first-order valence-electron chi connectivity index (χ1n) is 10.4. The molecule has 31 heavy (non-hydrogen) atoms. The van der Waals surface area contributed by atoms with Gasteiger partial charge in [-0.15, -0.1) is 0 Å². The van der Waals surface area contributed by atoms with Crippen LogP contribution in [0.3, 0.4) is 0 Å². The molecule has 4 rings (SSSR count). The van der Waals surface area contributed by atoms with Crippen molar-refractivity contribution < 1.29 is 14.4 Å². The van der Waals surface area contributed by atoms with Crippen LogP contribution in [0.25, 0.3) is 0 Å². The quantitative estimate of drug-likeness (QED) is 0.426. The van der Waals surface area contributed by atoms with E-state index in [-0.39, 0.29) is 17.7 Å². The molecular weight excluding hydrogens is 392 g/mol. The Kier molecular flexibility index (Phi) is 6.21. The smallest absolute Gasteiger partial charge is 0.261 e. The topological polar surface area (TPSA) is 84.3 Å². The van der Waals surface area contributed by atoms with Gasteiger partial charge in [0.1, 0.15) is 0 Å². The first-order valence-corrected chi connectivity index (χ1v) is 10.4. The molecule has 158 valence electrons. The predicted octanol–water partition coefficient (Wildman–Crippen LogP) is 3.73. The van der Waals surface area contributed by atoms with E-state index in [2.05, 4.69) is 10.4 Å². The number of amides is 3. The van der Waals surface area contributed by atoms with Gasteiger partial charge in [-0.25, -0.2) is 0 Å². The third-order valence-electron chi connectivity index (χ3n) is 5.26. The molecule has 0 saturated carbocycles. The molecule has 0 fully saturated rings. The third-order valence-corrected chi connectivity index (χ3v) is 5.26. The lowest BCUT2D eigenvalue weighted by molar-refractivity contribution is -0.116. The van der Waals surface area contributed by atoms with Crippen LogP contribution in [0.2, 0.25) is 0 Å². The summed E-state index contributed by atoms with van der Waals surface area (Å²) in [4.78, 5) is 38.1. The first-order chi connectivity index (χ1) is 15.1. The fourth-order valence-electron chi connectivity index (χ4n) is 3.67. The van der Waals surface area contributed by atoms with Crippen molar-refractivity contribution in [3.05, 3.63) is 83.6 Å². The van der Waals surface area contributed by atoms with Crippen molar-refractivity contribution in [2.75, 3.05) is 11.9 Å². The fraction of sp³-hybridized carbons (Fsp3) is 0.250. The van der Waals surface area contributed by atoms with Gasteiger partial charge in [0.2, 0.25) is 5.91 Å². The number of hydrogen-bond donors (Lipinski definition) is 1. The van der Waals surface area contributed by atoms with Crippen LogP contribution in [0.1, 0.15) is 52.0 Å². The van der Waals surface area contributed by atoms with Gasteiger partial charge in [-0.05, 0) is 30.5 Å². The largest absolute Gasteiger partial charge is 0.309 e. The number of hydrogen-bond acceptors (Lipinski definition) is 4. The Morgan fingerprint density at radius 3 is 2.23 bits per heavy atom. The van der Waals surface area contributed by atoms with Crippen molar-refractivity contribution in [3.63, 3.8) is 0 Å². The van der Waals surface area contributed by atoms with Crippen LogP contribution in [-0.4, -0.2) is 38.9 Å². The van der Waals surface area contributed by atoms with Crippen LogP contribution in [0.15, 0.2) is 66.9 Å². The normalized spacial score (nSPS) is 12.8. The number of aromatic nitrogens is 2. The summed E-state index contributed by atoms with van der Waals surface area (Å²) in [5.41, 5.74) is 2.08. The van der Waals surface area contributed by atoms with Crippen LogP contribution in [0.4, 0.5) is 5.82 Å². The average molecular weight is 416 g/mol. The van der Waals surface area contributed by atoms with Gasteiger partial charge in [-0.1, -0.05) is 48.9 Å². The minimum Gasteiger partial charge on any atom is -0.309 e. The van der Waals surface area contributed by atoms with Gasteiger partial charge in [0, 0.05) is 25.2 Å². The van der Waals surface area contributed by atoms with Crippen molar-refractivity contribution >= 4 is 23.5 Å². The minimum atomic E-state index is -0.232. The summed E-state index contributed by atoms with van der Waals surface area (Å²) in [6.45, 7) is 1.02. The number of benzene rings is 2.